The molecule has 0 bridgehead atoms. The smallest absolute Gasteiger partial charge is 0.293 e. The van der Waals surface area contributed by atoms with Gasteiger partial charge < -0.3 is 14.4 Å². The van der Waals surface area contributed by atoms with Crippen molar-refractivity contribution in [3.63, 3.8) is 0 Å². The first-order valence-corrected chi connectivity index (χ1v) is 9.88. The largest absolute Gasteiger partial charge is 0.768 e. The van der Waals surface area contributed by atoms with Crippen molar-refractivity contribution < 1.29 is 27.1 Å². The van der Waals surface area contributed by atoms with Gasteiger partial charge in [-0.05, 0) is 70.7 Å². The monoisotopic (exact) mass is 417 g/mol. The fourth-order valence-corrected chi connectivity index (χ4v) is 3.02. The number of hydrogen-bond donors (Lipinski definition) is 1. The molecule has 2 unspecified atom stereocenters. The Balaban J connectivity index is 1.96. The molecule has 2 atom stereocenters. The first-order chi connectivity index (χ1) is 13.3. The van der Waals surface area contributed by atoms with Crippen LogP contribution in [-0.2, 0) is 31.7 Å². The fourth-order valence-electron chi connectivity index (χ4n) is 2.30. The highest BCUT2D eigenvalue weighted by molar-refractivity contribution is 7.79. The van der Waals surface area contributed by atoms with Crippen LogP contribution in [0, 0.1) is 0 Å². The van der Waals surface area contributed by atoms with Gasteiger partial charge in [-0.25, -0.2) is 9.98 Å². The number of nitrogens with zero attached hydrogens (tertiary/aromatic N) is 2. The number of nitrogens with one attached hydrogen (secondary N) is 1. The minimum atomic E-state index is -2.37. The molecular formula is C17H11N3O6S2-2. The summed E-state index contributed by atoms with van der Waals surface area (Å²) in [5, 5.41) is 2.36. The zero-order chi connectivity index (χ0) is 20.3. The number of carbonyl (C=O) groups excluding carboxylic acids is 2. The minimum Gasteiger partial charge on any atom is -0.768 e. The molecule has 1 fully saturated rings. The molecule has 1 heterocycles. The van der Waals surface area contributed by atoms with Crippen molar-refractivity contribution >= 4 is 56.8 Å². The van der Waals surface area contributed by atoms with Crippen LogP contribution in [0.25, 0.3) is 0 Å². The standard InChI is InChI=1S/C17H13N3O6S2/c21-15-9-14(18-10-1-5-12(6-2-10)27(23)24)16(20-17(15)22)19-11-3-7-13(8-4-11)28(25)26/h1-8H,9H2,(H,23,24)(H,25,26)(H,19,20,22)/p-2. The van der Waals surface area contributed by atoms with E-state index in [9.17, 15) is 27.1 Å². The second kappa shape index (κ2) is 8.44. The summed E-state index contributed by atoms with van der Waals surface area (Å²) in [5.74, 6) is -1.46. The van der Waals surface area contributed by atoms with E-state index in [1.807, 2.05) is 0 Å². The number of benzene rings is 2. The molecule has 0 saturated carbocycles. The van der Waals surface area contributed by atoms with Gasteiger partial charge in [0, 0.05) is 9.79 Å². The molecule has 28 heavy (non-hydrogen) atoms. The van der Waals surface area contributed by atoms with Crippen LogP contribution in [-0.4, -0.2) is 40.8 Å². The van der Waals surface area contributed by atoms with Crippen LogP contribution < -0.4 is 5.32 Å². The molecule has 0 spiro atoms. The molecule has 1 N–H and O–H groups in total. The molecule has 144 valence electrons. The van der Waals surface area contributed by atoms with E-state index >= 15 is 0 Å². The number of ketones is 1. The van der Waals surface area contributed by atoms with Gasteiger partial charge in [0.2, 0.25) is 5.78 Å². The third-order valence-corrected chi connectivity index (χ3v) is 4.96. The second-order valence-corrected chi connectivity index (χ2v) is 7.41. The number of Topliss-reactive ketones (excluding diaryl/α,β-unsaturated/α-hetero) is 1. The maximum Gasteiger partial charge on any atom is 0.293 e. The van der Waals surface area contributed by atoms with Gasteiger partial charge in [-0.1, -0.05) is 0 Å². The summed E-state index contributed by atoms with van der Waals surface area (Å²) in [5.41, 5.74) is 0.915. The Bertz CT molecular complexity index is 960. The van der Waals surface area contributed by atoms with Crippen LogP contribution in [0.2, 0.25) is 0 Å². The topological polar surface area (TPSA) is 151 Å². The number of rotatable bonds is 4. The molecule has 1 saturated heterocycles. The molecule has 0 radical (unpaired) electrons. The van der Waals surface area contributed by atoms with E-state index < -0.39 is 33.9 Å². The van der Waals surface area contributed by atoms with Gasteiger partial charge in [0.25, 0.3) is 5.91 Å². The Morgan fingerprint density at radius 1 is 0.786 bits per heavy atom. The van der Waals surface area contributed by atoms with Gasteiger partial charge in [-0.2, -0.15) is 0 Å². The lowest BCUT2D eigenvalue weighted by Crippen LogP contribution is -2.47. The highest BCUT2D eigenvalue weighted by Crippen LogP contribution is 2.19. The highest BCUT2D eigenvalue weighted by atomic mass is 32.2. The first kappa shape index (κ1) is 19.9. The quantitative estimate of drug-likeness (QED) is 0.580. The number of amidine groups is 1. The van der Waals surface area contributed by atoms with Gasteiger partial charge in [0.1, 0.15) is 0 Å². The fraction of sp³-hybridized carbons (Fsp3) is 0.0588. The van der Waals surface area contributed by atoms with E-state index in [4.69, 9.17) is 0 Å². The highest BCUT2D eigenvalue weighted by Gasteiger charge is 2.28. The van der Waals surface area contributed by atoms with Crippen LogP contribution in [0.1, 0.15) is 6.42 Å². The van der Waals surface area contributed by atoms with Crippen LogP contribution in [0.3, 0.4) is 0 Å². The molecule has 3 rings (SSSR count). The molecule has 9 nitrogen and oxygen atoms in total. The summed E-state index contributed by atoms with van der Waals surface area (Å²) >= 11 is -4.74. The molecule has 2 aromatic rings. The maximum atomic E-state index is 11.8. The predicted octanol–water partition coefficient (Wildman–Crippen LogP) is 1.05. The van der Waals surface area contributed by atoms with E-state index in [1.165, 1.54) is 48.5 Å². The van der Waals surface area contributed by atoms with Crippen molar-refractivity contribution in [3.8, 4) is 0 Å². The maximum absolute atomic E-state index is 11.8. The Hall–Kier alpha value is -2.86. The molecule has 1 amide bonds. The molecule has 1 aliphatic heterocycles. The molecule has 2 aromatic carbocycles. The number of piperidine rings is 1. The normalized spacial score (nSPS) is 19.5. The van der Waals surface area contributed by atoms with Crippen LogP contribution in [0.4, 0.5) is 11.4 Å². The van der Waals surface area contributed by atoms with E-state index in [0.29, 0.717) is 11.4 Å². The second-order valence-electron chi connectivity index (χ2n) is 5.53. The number of amides is 1. The zero-order valence-electron chi connectivity index (χ0n) is 14.0. The van der Waals surface area contributed by atoms with Gasteiger partial charge in [0.15, 0.2) is 5.84 Å². The van der Waals surface area contributed by atoms with Gasteiger partial charge in [-0.15, -0.1) is 0 Å². The lowest BCUT2D eigenvalue weighted by molar-refractivity contribution is -0.136. The predicted molar refractivity (Wildman–Crippen MR) is 99.2 cm³/mol. The molecular weight excluding hydrogens is 406 g/mol. The molecule has 11 heteroatoms. The Morgan fingerprint density at radius 2 is 1.25 bits per heavy atom. The van der Waals surface area contributed by atoms with Gasteiger partial charge in [0.05, 0.1) is 23.5 Å². The van der Waals surface area contributed by atoms with Crippen molar-refractivity contribution in [2.24, 2.45) is 9.98 Å². The summed E-state index contributed by atoms with van der Waals surface area (Å²) < 4.78 is 43.7. The van der Waals surface area contributed by atoms with Crippen molar-refractivity contribution in [1.82, 2.24) is 5.32 Å². The lowest BCUT2D eigenvalue weighted by atomic mass is 10.1. The lowest BCUT2D eigenvalue weighted by Gasteiger charge is -2.16. The summed E-state index contributed by atoms with van der Waals surface area (Å²) in [7, 11) is 0. The van der Waals surface area contributed by atoms with Crippen LogP contribution in [0.5, 0.6) is 0 Å². The Morgan fingerprint density at radius 3 is 1.71 bits per heavy atom. The van der Waals surface area contributed by atoms with E-state index in [1.54, 1.807) is 0 Å². The van der Waals surface area contributed by atoms with E-state index in [0.717, 1.165) is 0 Å². The zero-order valence-corrected chi connectivity index (χ0v) is 15.6. The van der Waals surface area contributed by atoms with Crippen LogP contribution in [0.15, 0.2) is 68.3 Å². The third-order valence-electron chi connectivity index (χ3n) is 3.65. The SMILES string of the molecule is O=C1CC(=Nc2ccc(S(=O)[O-])cc2)C(=Nc2ccc(S(=O)[O-])cc2)NC1=O. The number of carbonyl (C=O) groups is 2. The molecule has 1 aliphatic rings. The Labute approximate surface area is 164 Å². The molecule has 0 aromatic heterocycles. The summed E-state index contributed by atoms with van der Waals surface area (Å²) in [6.45, 7) is 0. The van der Waals surface area contributed by atoms with Crippen LogP contribution >= 0.6 is 0 Å². The van der Waals surface area contributed by atoms with Gasteiger partial charge in [-0.3, -0.25) is 18.0 Å². The Kier molecular flexibility index (Phi) is 5.99. The van der Waals surface area contributed by atoms with Crippen molar-refractivity contribution in [2.75, 3.05) is 0 Å². The number of aliphatic imine (C=N–C) groups is 2. The summed E-state index contributed by atoms with van der Waals surface area (Å²) in [4.78, 5) is 32.1. The van der Waals surface area contributed by atoms with Crippen molar-refractivity contribution in [1.29, 1.82) is 0 Å². The number of hydrogen-bond acceptors (Lipinski definition) is 8. The van der Waals surface area contributed by atoms with Gasteiger partial charge >= 0.3 is 0 Å². The van der Waals surface area contributed by atoms with Crippen molar-refractivity contribution in [2.45, 2.75) is 16.2 Å². The first-order valence-electron chi connectivity index (χ1n) is 7.73. The average molecular weight is 417 g/mol. The van der Waals surface area contributed by atoms with E-state index in [-0.39, 0.29) is 27.8 Å². The molecule has 0 aliphatic carbocycles. The average Bonchev–Trinajstić information content (AvgIpc) is 2.66. The minimum absolute atomic E-state index is 0.0528. The summed E-state index contributed by atoms with van der Waals surface area (Å²) in [6.07, 6.45) is -0.275. The van der Waals surface area contributed by atoms with E-state index in [2.05, 4.69) is 15.3 Å². The van der Waals surface area contributed by atoms with Crippen molar-refractivity contribution in [3.05, 3.63) is 48.5 Å². The third kappa shape index (κ3) is 4.70. The summed E-state index contributed by atoms with van der Waals surface area (Å²) in [6, 6.07) is 11.2.